The van der Waals surface area contributed by atoms with E-state index in [9.17, 15) is 12.9 Å². The van der Waals surface area contributed by atoms with Gasteiger partial charge in [-0.15, -0.1) is 5.46 Å². The molecule has 0 fully saturated rings. The summed E-state index contributed by atoms with van der Waals surface area (Å²) >= 11 is 0. The Hall–Kier alpha value is -0.309. The Morgan fingerprint density at radius 1 is 0.857 bits per heavy atom. The second kappa shape index (κ2) is 8.97. The first kappa shape index (κ1) is 18.7. The van der Waals surface area contributed by atoms with Gasteiger partial charge in [-0.25, -0.2) is 0 Å². The van der Waals surface area contributed by atoms with Crippen molar-refractivity contribution in [2.75, 3.05) is 6.79 Å². The molecule has 0 N–H and O–H groups in total. The van der Waals surface area contributed by atoms with Crippen molar-refractivity contribution in [1.29, 1.82) is 0 Å². The van der Waals surface area contributed by atoms with E-state index in [2.05, 4.69) is 0 Å². The average Bonchev–Trinajstić information content (AvgIpc) is 2.44. The van der Waals surface area contributed by atoms with Crippen LogP contribution in [-0.2, 0) is 11.3 Å². The maximum absolute atomic E-state index is 12.4. The van der Waals surface area contributed by atoms with Gasteiger partial charge in [0.15, 0.2) is 6.79 Å². The molecular weight excluding hydrogens is 307 g/mol. The molecule has 0 aliphatic rings. The molecule has 2 aromatic carbocycles. The molecule has 0 heterocycles. The summed E-state index contributed by atoms with van der Waals surface area (Å²) in [6.07, 6.45) is 0. The largest absolute Gasteiger partial charge is 1.00 e. The van der Waals surface area contributed by atoms with Gasteiger partial charge in [0.2, 0.25) is 0 Å². The topological polar surface area (TPSA) is 18.5 Å². The summed E-state index contributed by atoms with van der Waals surface area (Å²) in [6.45, 7) is -4.57. The fourth-order valence-electron chi connectivity index (χ4n) is 1.63. The van der Waals surface area contributed by atoms with Gasteiger partial charge in [-0.3, -0.25) is 0 Å². The SMILES string of the molecule is F[B-](F)(F)c1ccc(OCOCc2ccccc2)cc1.[K+]. The van der Waals surface area contributed by atoms with Crippen LogP contribution in [0.5, 0.6) is 5.75 Å². The van der Waals surface area contributed by atoms with Gasteiger partial charge in [0.05, 0.1) is 6.61 Å². The monoisotopic (exact) mass is 320 g/mol. The number of ether oxygens (including phenoxy) is 2. The molecular formula is C14H13BF3KO2. The number of halogens is 3. The van der Waals surface area contributed by atoms with E-state index in [0.717, 1.165) is 17.7 Å². The summed E-state index contributed by atoms with van der Waals surface area (Å²) in [4.78, 5) is 0. The van der Waals surface area contributed by atoms with Crippen molar-refractivity contribution < 1.29 is 73.8 Å². The van der Waals surface area contributed by atoms with E-state index in [1.54, 1.807) is 0 Å². The molecule has 0 radical (unpaired) electrons. The van der Waals surface area contributed by atoms with Gasteiger partial charge in [-0.1, -0.05) is 42.5 Å². The van der Waals surface area contributed by atoms with Gasteiger partial charge in [0.25, 0.3) is 0 Å². The van der Waals surface area contributed by atoms with Crippen molar-refractivity contribution in [1.82, 2.24) is 0 Å². The predicted molar refractivity (Wildman–Crippen MR) is 71.9 cm³/mol. The minimum Gasteiger partial charge on any atom is -0.468 e. The molecule has 2 nitrogen and oxygen atoms in total. The van der Waals surface area contributed by atoms with Crippen molar-refractivity contribution in [3.8, 4) is 5.75 Å². The van der Waals surface area contributed by atoms with Crippen molar-refractivity contribution >= 4 is 12.4 Å². The Bertz CT molecular complexity index is 532. The van der Waals surface area contributed by atoms with Crippen LogP contribution in [0, 0.1) is 0 Å². The molecule has 0 atom stereocenters. The third-order valence-corrected chi connectivity index (χ3v) is 2.68. The Morgan fingerprint density at radius 3 is 2.05 bits per heavy atom. The zero-order valence-corrected chi connectivity index (χ0v) is 14.8. The molecule has 0 spiro atoms. The van der Waals surface area contributed by atoms with Crippen molar-refractivity contribution in [3.05, 3.63) is 60.2 Å². The third-order valence-electron chi connectivity index (χ3n) is 2.68. The fourth-order valence-corrected chi connectivity index (χ4v) is 1.63. The number of rotatable bonds is 6. The molecule has 2 aromatic rings. The Morgan fingerprint density at radius 2 is 1.48 bits per heavy atom. The van der Waals surface area contributed by atoms with Crippen molar-refractivity contribution in [2.45, 2.75) is 6.61 Å². The van der Waals surface area contributed by atoms with Gasteiger partial charge in [0.1, 0.15) is 5.75 Å². The molecule has 7 heteroatoms. The number of hydrogen-bond donors (Lipinski definition) is 0. The van der Waals surface area contributed by atoms with Gasteiger partial charge in [-0.05, 0) is 17.7 Å². The summed E-state index contributed by atoms with van der Waals surface area (Å²) in [6, 6.07) is 14.1. The molecule has 106 valence electrons. The maximum Gasteiger partial charge on any atom is 1.00 e. The van der Waals surface area contributed by atoms with Crippen LogP contribution >= 0.6 is 0 Å². The van der Waals surface area contributed by atoms with Gasteiger partial charge < -0.3 is 22.4 Å². The Kier molecular flexibility index (Phi) is 8.01. The van der Waals surface area contributed by atoms with Crippen LogP contribution in [0.25, 0.3) is 0 Å². The van der Waals surface area contributed by atoms with E-state index in [4.69, 9.17) is 9.47 Å². The quantitative estimate of drug-likeness (QED) is 0.433. The zero-order valence-electron chi connectivity index (χ0n) is 11.6. The normalized spacial score (nSPS) is 10.8. The van der Waals surface area contributed by atoms with E-state index in [1.807, 2.05) is 30.3 Å². The molecule has 0 aliphatic carbocycles. The van der Waals surface area contributed by atoms with Crippen molar-refractivity contribution in [3.63, 3.8) is 0 Å². The van der Waals surface area contributed by atoms with Crippen LogP contribution in [-0.4, -0.2) is 13.8 Å². The molecule has 0 aromatic heterocycles. The molecule has 0 saturated heterocycles. The number of benzene rings is 2. The Labute approximate surface area is 164 Å². The molecule has 0 bridgehead atoms. The summed E-state index contributed by atoms with van der Waals surface area (Å²) in [5.74, 6) is 0.349. The second-order valence-electron chi connectivity index (χ2n) is 4.24. The molecule has 2 rings (SSSR count). The number of hydrogen-bond acceptors (Lipinski definition) is 2. The average molecular weight is 320 g/mol. The third kappa shape index (κ3) is 6.54. The van der Waals surface area contributed by atoms with Crippen LogP contribution in [0.3, 0.4) is 0 Å². The van der Waals surface area contributed by atoms with Gasteiger partial charge in [0, 0.05) is 0 Å². The van der Waals surface area contributed by atoms with E-state index < -0.39 is 12.4 Å². The van der Waals surface area contributed by atoms with E-state index in [0.29, 0.717) is 12.4 Å². The van der Waals surface area contributed by atoms with Gasteiger partial charge in [-0.2, -0.15) is 0 Å². The molecule has 0 unspecified atom stereocenters. The van der Waals surface area contributed by atoms with Crippen molar-refractivity contribution in [2.24, 2.45) is 0 Å². The van der Waals surface area contributed by atoms with Crippen LogP contribution < -0.4 is 61.6 Å². The van der Waals surface area contributed by atoms with Crippen LogP contribution in [0.4, 0.5) is 12.9 Å². The molecule has 0 amide bonds. The summed E-state index contributed by atoms with van der Waals surface area (Å²) < 4.78 is 47.7. The smallest absolute Gasteiger partial charge is 0.468 e. The van der Waals surface area contributed by atoms with E-state index in [-0.39, 0.29) is 58.2 Å². The molecule has 0 saturated carbocycles. The minimum absolute atomic E-state index is 0. The van der Waals surface area contributed by atoms with E-state index in [1.165, 1.54) is 12.1 Å². The zero-order chi connectivity index (χ0) is 14.4. The summed E-state index contributed by atoms with van der Waals surface area (Å²) in [5, 5.41) is 0. The van der Waals surface area contributed by atoms with Crippen LogP contribution in [0.15, 0.2) is 54.6 Å². The summed E-state index contributed by atoms with van der Waals surface area (Å²) in [5.41, 5.74) is 0.369. The summed E-state index contributed by atoms with van der Waals surface area (Å²) in [7, 11) is 0. The van der Waals surface area contributed by atoms with Gasteiger partial charge >= 0.3 is 58.4 Å². The predicted octanol–water partition coefficient (Wildman–Crippen LogP) is 0.298. The van der Waals surface area contributed by atoms with E-state index >= 15 is 0 Å². The van der Waals surface area contributed by atoms with Crippen LogP contribution in [0.1, 0.15) is 5.56 Å². The maximum atomic E-state index is 12.4. The fraction of sp³-hybridized carbons (Fsp3) is 0.143. The first-order valence-electron chi connectivity index (χ1n) is 6.10. The first-order valence-corrected chi connectivity index (χ1v) is 6.10. The molecule has 21 heavy (non-hydrogen) atoms. The first-order chi connectivity index (χ1) is 9.55. The second-order valence-corrected chi connectivity index (χ2v) is 4.24. The Balaban J connectivity index is 0.00000220. The minimum atomic E-state index is -4.96. The standard InChI is InChI=1S/C14H13BF3O2.K/c16-15(17,18)13-6-8-14(9-7-13)20-11-19-10-12-4-2-1-3-5-12;/h1-9H,10-11H2;/q-1;+1. The van der Waals surface area contributed by atoms with Crippen LogP contribution in [0.2, 0.25) is 0 Å². The molecule has 0 aliphatic heterocycles.